The van der Waals surface area contributed by atoms with E-state index < -0.39 is 0 Å². The molecule has 5 nitrogen and oxygen atoms in total. The van der Waals surface area contributed by atoms with E-state index in [4.69, 9.17) is 0 Å². The third-order valence-electron chi connectivity index (χ3n) is 2.89. The fraction of sp³-hybridized carbons (Fsp3) is 0.385. The van der Waals surface area contributed by atoms with E-state index in [1.165, 1.54) is 0 Å². The van der Waals surface area contributed by atoms with Gasteiger partial charge in [-0.3, -0.25) is 9.59 Å². The molecule has 96 valence electrons. The molecule has 0 bridgehead atoms. The Labute approximate surface area is 106 Å². The number of nitrogens with one attached hydrogen (secondary N) is 1. The number of benzene rings is 1. The van der Waals surface area contributed by atoms with Crippen molar-refractivity contribution >= 4 is 23.7 Å². The van der Waals surface area contributed by atoms with E-state index in [0.717, 1.165) is 29.8 Å². The van der Waals surface area contributed by atoms with Crippen LogP contribution in [0.15, 0.2) is 18.2 Å². The minimum Gasteiger partial charge on any atom is -0.325 e. The molecule has 1 N–H and O–H groups in total. The van der Waals surface area contributed by atoms with Gasteiger partial charge in [0, 0.05) is 17.9 Å². The van der Waals surface area contributed by atoms with Crippen LogP contribution in [0.25, 0.3) is 0 Å². The Morgan fingerprint density at radius 1 is 1.50 bits per heavy atom. The molecule has 1 aromatic rings. The van der Waals surface area contributed by atoms with Crippen molar-refractivity contribution in [2.45, 2.75) is 6.42 Å². The SMILES string of the molecule is CN(C)CC(=O)Nc1ccc2c(c1)N(C=O)CC2. The largest absolute Gasteiger partial charge is 0.325 e. The molecule has 0 radical (unpaired) electrons. The summed E-state index contributed by atoms with van der Waals surface area (Å²) in [6.07, 6.45) is 1.71. The molecule has 0 unspecified atom stereocenters. The maximum Gasteiger partial charge on any atom is 0.238 e. The number of hydrogen-bond donors (Lipinski definition) is 1. The first-order valence-corrected chi connectivity index (χ1v) is 5.89. The Morgan fingerprint density at radius 2 is 2.28 bits per heavy atom. The summed E-state index contributed by atoms with van der Waals surface area (Å²) < 4.78 is 0. The molecule has 0 saturated carbocycles. The Hall–Kier alpha value is -1.88. The van der Waals surface area contributed by atoms with Crippen molar-refractivity contribution < 1.29 is 9.59 Å². The number of likely N-dealkylation sites (N-methyl/N-ethyl adjacent to an activating group) is 1. The second kappa shape index (κ2) is 5.18. The Kier molecular flexibility index (Phi) is 3.62. The van der Waals surface area contributed by atoms with Crippen molar-refractivity contribution in [3.05, 3.63) is 23.8 Å². The molecule has 2 amide bonds. The summed E-state index contributed by atoms with van der Waals surface area (Å²) in [6.45, 7) is 1.06. The standard InChI is InChI=1S/C13H17N3O2/c1-15(2)8-13(18)14-11-4-3-10-5-6-16(9-17)12(10)7-11/h3-4,7,9H,5-6,8H2,1-2H3,(H,14,18). The maximum absolute atomic E-state index is 11.6. The smallest absolute Gasteiger partial charge is 0.238 e. The Bertz CT molecular complexity index is 471. The molecule has 1 aliphatic rings. The van der Waals surface area contributed by atoms with Gasteiger partial charge in [-0.05, 0) is 38.2 Å². The lowest BCUT2D eigenvalue weighted by atomic mass is 10.1. The molecule has 0 atom stereocenters. The van der Waals surface area contributed by atoms with E-state index in [2.05, 4.69) is 5.32 Å². The summed E-state index contributed by atoms with van der Waals surface area (Å²) >= 11 is 0. The first-order chi connectivity index (χ1) is 8.60. The van der Waals surface area contributed by atoms with Crippen LogP contribution in [-0.4, -0.2) is 44.4 Å². The molecule has 5 heteroatoms. The van der Waals surface area contributed by atoms with Gasteiger partial charge in [-0.1, -0.05) is 6.07 Å². The number of fused-ring (bicyclic) bond motifs is 1. The van der Waals surface area contributed by atoms with Gasteiger partial charge in [0.1, 0.15) is 0 Å². The maximum atomic E-state index is 11.6. The van der Waals surface area contributed by atoms with E-state index in [1.807, 2.05) is 32.3 Å². The van der Waals surface area contributed by atoms with Gasteiger partial charge >= 0.3 is 0 Å². The third-order valence-corrected chi connectivity index (χ3v) is 2.89. The van der Waals surface area contributed by atoms with Crippen molar-refractivity contribution in [2.24, 2.45) is 0 Å². The van der Waals surface area contributed by atoms with Crippen molar-refractivity contribution in [3.8, 4) is 0 Å². The summed E-state index contributed by atoms with van der Waals surface area (Å²) in [7, 11) is 3.69. The highest BCUT2D eigenvalue weighted by molar-refractivity contribution is 5.93. The average Bonchev–Trinajstić information content (AvgIpc) is 2.70. The van der Waals surface area contributed by atoms with Crippen LogP contribution in [0, 0.1) is 0 Å². The van der Waals surface area contributed by atoms with Crippen LogP contribution < -0.4 is 10.2 Å². The van der Waals surface area contributed by atoms with Crippen molar-refractivity contribution in [1.82, 2.24) is 4.90 Å². The predicted octanol–water partition coefficient (Wildman–Crippen LogP) is 0.706. The fourth-order valence-electron chi connectivity index (χ4n) is 2.08. The second-order valence-electron chi connectivity index (χ2n) is 4.68. The topological polar surface area (TPSA) is 52.7 Å². The van der Waals surface area contributed by atoms with E-state index in [-0.39, 0.29) is 5.91 Å². The summed E-state index contributed by atoms with van der Waals surface area (Å²) in [5, 5.41) is 2.82. The molecule has 0 aromatic heterocycles. The fourth-order valence-corrected chi connectivity index (χ4v) is 2.08. The molecule has 0 fully saturated rings. The predicted molar refractivity (Wildman–Crippen MR) is 70.7 cm³/mol. The zero-order valence-corrected chi connectivity index (χ0v) is 10.6. The highest BCUT2D eigenvalue weighted by Crippen LogP contribution is 2.29. The van der Waals surface area contributed by atoms with Crippen LogP contribution in [0.1, 0.15) is 5.56 Å². The van der Waals surface area contributed by atoms with Gasteiger partial charge in [0.2, 0.25) is 12.3 Å². The number of nitrogens with zero attached hydrogens (tertiary/aromatic N) is 2. The van der Waals surface area contributed by atoms with Crippen molar-refractivity contribution in [2.75, 3.05) is 37.4 Å². The first kappa shape index (κ1) is 12.6. The van der Waals surface area contributed by atoms with Gasteiger partial charge in [0.15, 0.2) is 0 Å². The third kappa shape index (κ3) is 2.68. The first-order valence-electron chi connectivity index (χ1n) is 5.89. The quantitative estimate of drug-likeness (QED) is 0.797. The minimum atomic E-state index is -0.0596. The van der Waals surface area contributed by atoms with Gasteiger partial charge in [-0.25, -0.2) is 0 Å². The molecule has 1 aromatic carbocycles. The number of anilines is 2. The van der Waals surface area contributed by atoms with Crippen molar-refractivity contribution in [1.29, 1.82) is 0 Å². The number of hydrogen-bond acceptors (Lipinski definition) is 3. The van der Waals surface area contributed by atoms with Crippen LogP contribution in [0.2, 0.25) is 0 Å². The molecule has 18 heavy (non-hydrogen) atoms. The molecule has 0 saturated heterocycles. The van der Waals surface area contributed by atoms with Crippen LogP contribution in [-0.2, 0) is 16.0 Å². The van der Waals surface area contributed by atoms with E-state index >= 15 is 0 Å². The second-order valence-corrected chi connectivity index (χ2v) is 4.68. The van der Waals surface area contributed by atoms with Crippen LogP contribution in [0.3, 0.4) is 0 Å². The normalized spacial score (nSPS) is 13.6. The minimum absolute atomic E-state index is 0.0596. The van der Waals surface area contributed by atoms with Gasteiger partial charge in [-0.2, -0.15) is 0 Å². The summed E-state index contributed by atoms with van der Waals surface area (Å²) in [5.74, 6) is -0.0596. The number of amides is 2. The zero-order chi connectivity index (χ0) is 13.1. The monoisotopic (exact) mass is 247 g/mol. The summed E-state index contributed by atoms with van der Waals surface area (Å²) in [5.41, 5.74) is 2.77. The van der Waals surface area contributed by atoms with Gasteiger partial charge < -0.3 is 15.1 Å². The number of rotatable bonds is 4. The van der Waals surface area contributed by atoms with Gasteiger partial charge in [-0.15, -0.1) is 0 Å². The average molecular weight is 247 g/mol. The molecule has 2 rings (SSSR count). The number of carbonyl (C=O) groups excluding carboxylic acids is 2. The Morgan fingerprint density at radius 3 is 2.94 bits per heavy atom. The Balaban J connectivity index is 2.12. The zero-order valence-electron chi connectivity index (χ0n) is 10.6. The van der Waals surface area contributed by atoms with Gasteiger partial charge in [0.05, 0.1) is 6.54 Å². The molecule has 1 heterocycles. The molecule has 0 spiro atoms. The summed E-state index contributed by atoms with van der Waals surface area (Å²) in [6, 6.07) is 5.69. The van der Waals surface area contributed by atoms with E-state index in [9.17, 15) is 9.59 Å². The summed E-state index contributed by atoms with van der Waals surface area (Å²) in [4.78, 5) is 26.0. The van der Waals surface area contributed by atoms with Crippen molar-refractivity contribution in [3.63, 3.8) is 0 Å². The lowest BCUT2D eigenvalue weighted by molar-refractivity contribution is -0.116. The highest BCUT2D eigenvalue weighted by Gasteiger charge is 2.18. The van der Waals surface area contributed by atoms with Crippen LogP contribution >= 0.6 is 0 Å². The number of carbonyl (C=O) groups is 2. The van der Waals surface area contributed by atoms with Gasteiger partial charge in [0.25, 0.3) is 0 Å². The van der Waals surface area contributed by atoms with Crippen LogP contribution in [0.5, 0.6) is 0 Å². The molecular formula is C13H17N3O2. The van der Waals surface area contributed by atoms with E-state index in [1.54, 1.807) is 9.80 Å². The van der Waals surface area contributed by atoms with E-state index in [0.29, 0.717) is 13.1 Å². The molecule has 1 aliphatic heterocycles. The van der Waals surface area contributed by atoms with Crippen LogP contribution in [0.4, 0.5) is 11.4 Å². The molecule has 0 aliphatic carbocycles. The molecular weight excluding hydrogens is 230 g/mol. The lowest BCUT2D eigenvalue weighted by Crippen LogP contribution is -2.27. The highest BCUT2D eigenvalue weighted by atomic mass is 16.2. The lowest BCUT2D eigenvalue weighted by Gasteiger charge is -2.13.